The highest BCUT2D eigenvalue weighted by Crippen LogP contribution is 2.13. The summed E-state index contributed by atoms with van der Waals surface area (Å²) in [7, 11) is 0. The van der Waals surface area contributed by atoms with Crippen molar-refractivity contribution in [2.24, 2.45) is 5.73 Å². The number of pyridine rings is 1. The molecule has 2 heterocycles. The van der Waals surface area contributed by atoms with Crippen LogP contribution in [0.25, 0.3) is 0 Å². The summed E-state index contributed by atoms with van der Waals surface area (Å²) >= 11 is 5.97. The van der Waals surface area contributed by atoms with E-state index in [2.05, 4.69) is 4.98 Å². The standard InChI is InChI=1S/C19H21ClN4O2/c20-15-5-3-4-14(12-15)13-16(21)18(25)23-8-10-24(11-9-23)19(26)17-6-1-2-7-22-17/h1-7,12,16H,8-11,13,21H2. The number of hydrogen-bond donors (Lipinski definition) is 1. The smallest absolute Gasteiger partial charge is 0.272 e. The predicted molar refractivity (Wildman–Crippen MR) is 99.9 cm³/mol. The number of hydrogen-bond acceptors (Lipinski definition) is 4. The van der Waals surface area contributed by atoms with Crippen LogP contribution in [0.2, 0.25) is 5.02 Å². The lowest BCUT2D eigenvalue weighted by molar-refractivity contribution is -0.134. The lowest BCUT2D eigenvalue weighted by Gasteiger charge is -2.35. The molecule has 1 fully saturated rings. The molecule has 1 aromatic carbocycles. The first-order chi connectivity index (χ1) is 12.5. The molecule has 2 amide bonds. The molecule has 2 aromatic rings. The first-order valence-electron chi connectivity index (χ1n) is 8.54. The maximum Gasteiger partial charge on any atom is 0.272 e. The topological polar surface area (TPSA) is 79.5 Å². The Labute approximate surface area is 157 Å². The summed E-state index contributed by atoms with van der Waals surface area (Å²) in [6.07, 6.45) is 2.04. The fraction of sp³-hybridized carbons (Fsp3) is 0.316. The van der Waals surface area contributed by atoms with Gasteiger partial charge in [-0.2, -0.15) is 0 Å². The van der Waals surface area contributed by atoms with Crippen molar-refractivity contribution in [2.75, 3.05) is 26.2 Å². The summed E-state index contributed by atoms with van der Waals surface area (Å²) in [5.41, 5.74) is 7.44. The molecule has 0 saturated carbocycles. The third-order valence-electron chi connectivity index (χ3n) is 4.42. The summed E-state index contributed by atoms with van der Waals surface area (Å²) in [6, 6.07) is 12.0. The molecule has 3 rings (SSSR count). The van der Waals surface area contributed by atoms with Gasteiger partial charge in [-0.3, -0.25) is 14.6 Å². The van der Waals surface area contributed by atoms with Gasteiger partial charge in [0, 0.05) is 37.4 Å². The van der Waals surface area contributed by atoms with E-state index >= 15 is 0 Å². The zero-order chi connectivity index (χ0) is 18.5. The van der Waals surface area contributed by atoms with Gasteiger partial charge in [-0.15, -0.1) is 0 Å². The Kier molecular flexibility index (Phi) is 5.85. The maximum absolute atomic E-state index is 12.6. The number of nitrogens with two attached hydrogens (primary N) is 1. The van der Waals surface area contributed by atoms with Gasteiger partial charge in [0.1, 0.15) is 5.69 Å². The molecule has 0 aliphatic carbocycles. The monoisotopic (exact) mass is 372 g/mol. The molecule has 1 aromatic heterocycles. The highest BCUT2D eigenvalue weighted by atomic mass is 35.5. The molecule has 1 aliphatic rings. The van der Waals surface area contributed by atoms with Crippen molar-refractivity contribution < 1.29 is 9.59 Å². The average Bonchev–Trinajstić information content (AvgIpc) is 2.67. The van der Waals surface area contributed by atoms with Gasteiger partial charge in [0.15, 0.2) is 0 Å². The minimum absolute atomic E-state index is 0.102. The highest BCUT2D eigenvalue weighted by molar-refractivity contribution is 6.30. The number of carbonyl (C=O) groups excluding carboxylic acids is 2. The second-order valence-electron chi connectivity index (χ2n) is 6.27. The predicted octanol–water partition coefficient (Wildman–Crippen LogP) is 1.59. The molecule has 0 spiro atoms. The maximum atomic E-state index is 12.6. The molecule has 136 valence electrons. The van der Waals surface area contributed by atoms with Crippen LogP contribution in [0.15, 0.2) is 48.7 Å². The first-order valence-corrected chi connectivity index (χ1v) is 8.91. The van der Waals surface area contributed by atoms with E-state index in [1.165, 1.54) is 0 Å². The molecule has 7 heteroatoms. The van der Waals surface area contributed by atoms with E-state index < -0.39 is 6.04 Å². The van der Waals surface area contributed by atoms with E-state index in [-0.39, 0.29) is 11.8 Å². The van der Waals surface area contributed by atoms with Crippen LogP contribution in [0, 0.1) is 0 Å². The zero-order valence-electron chi connectivity index (χ0n) is 14.3. The summed E-state index contributed by atoms with van der Waals surface area (Å²) in [5.74, 6) is -0.212. The van der Waals surface area contributed by atoms with Crippen molar-refractivity contribution in [3.05, 3.63) is 64.9 Å². The normalized spacial score (nSPS) is 15.6. The number of rotatable bonds is 4. The summed E-state index contributed by atoms with van der Waals surface area (Å²) in [6.45, 7) is 1.90. The van der Waals surface area contributed by atoms with Crippen molar-refractivity contribution in [1.82, 2.24) is 14.8 Å². The van der Waals surface area contributed by atoms with Crippen LogP contribution >= 0.6 is 11.6 Å². The molecule has 0 bridgehead atoms. The minimum Gasteiger partial charge on any atom is -0.338 e. The van der Waals surface area contributed by atoms with Crippen molar-refractivity contribution in [3.8, 4) is 0 Å². The SMILES string of the molecule is NC(Cc1cccc(Cl)c1)C(=O)N1CCN(C(=O)c2ccccn2)CC1. The molecule has 0 radical (unpaired) electrons. The van der Waals surface area contributed by atoms with Crippen LogP contribution in [-0.2, 0) is 11.2 Å². The second kappa shape index (κ2) is 8.29. The van der Waals surface area contributed by atoms with E-state index in [4.69, 9.17) is 17.3 Å². The third-order valence-corrected chi connectivity index (χ3v) is 4.66. The Morgan fingerprint density at radius 3 is 2.46 bits per heavy atom. The Balaban J connectivity index is 1.54. The van der Waals surface area contributed by atoms with Crippen molar-refractivity contribution in [3.63, 3.8) is 0 Å². The second-order valence-corrected chi connectivity index (χ2v) is 6.71. The number of halogens is 1. The van der Waals surface area contributed by atoms with E-state index in [1.807, 2.05) is 18.2 Å². The molecule has 1 unspecified atom stereocenters. The van der Waals surface area contributed by atoms with E-state index in [0.717, 1.165) is 5.56 Å². The van der Waals surface area contributed by atoms with Crippen molar-refractivity contribution >= 4 is 23.4 Å². The first kappa shape index (κ1) is 18.4. The van der Waals surface area contributed by atoms with Crippen LogP contribution in [-0.4, -0.2) is 58.8 Å². The van der Waals surface area contributed by atoms with Crippen LogP contribution in [0.5, 0.6) is 0 Å². The number of aromatic nitrogens is 1. The van der Waals surface area contributed by atoms with Crippen molar-refractivity contribution in [1.29, 1.82) is 0 Å². The van der Waals surface area contributed by atoms with Gasteiger partial charge in [0.25, 0.3) is 5.91 Å². The molecule has 1 atom stereocenters. The lowest BCUT2D eigenvalue weighted by Crippen LogP contribution is -2.54. The van der Waals surface area contributed by atoms with Gasteiger partial charge in [0.2, 0.25) is 5.91 Å². The van der Waals surface area contributed by atoms with Crippen LogP contribution < -0.4 is 5.73 Å². The van der Waals surface area contributed by atoms with Gasteiger partial charge in [0.05, 0.1) is 6.04 Å². The summed E-state index contributed by atoms with van der Waals surface area (Å²) in [4.78, 5) is 32.5. The average molecular weight is 373 g/mol. The summed E-state index contributed by atoms with van der Waals surface area (Å²) < 4.78 is 0. The Bertz CT molecular complexity index is 776. The highest BCUT2D eigenvalue weighted by Gasteiger charge is 2.28. The molecule has 1 saturated heterocycles. The van der Waals surface area contributed by atoms with Gasteiger partial charge in [-0.25, -0.2) is 0 Å². The largest absolute Gasteiger partial charge is 0.338 e. The molecule has 2 N–H and O–H groups in total. The van der Waals surface area contributed by atoms with Gasteiger partial charge < -0.3 is 15.5 Å². The summed E-state index contributed by atoms with van der Waals surface area (Å²) in [5, 5.41) is 0.629. The van der Waals surface area contributed by atoms with E-state index in [1.54, 1.807) is 40.3 Å². The van der Waals surface area contributed by atoms with Gasteiger partial charge >= 0.3 is 0 Å². The Morgan fingerprint density at radius 1 is 1.08 bits per heavy atom. The fourth-order valence-corrected chi connectivity index (χ4v) is 3.23. The van der Waals surface area contributed by atoms with Gasteiger partial charge in [-0.05, 0) is 36.2 Å². The molecule has 6 nitrogen and oxygen atoms in total. The zero-order valence-corrected chi connectivity index (χ0v) is 15.1. The third kappa shape index (κ3) is 4.39. The molecular weight excluding hydrogens is 352 g/mol. The van der Waals surface area contributed by atoms with E-state index in [0.29, 0.717) is 43.3 Å². The molecule has 1 aliphatic heterocycles. The van der Waals surface area contributed by atoms with Crippen LogP contribution in [0.4, 0.5) is 0 Å². The number of nitrogens with zero attached hydrogens (tertiary/aromatic N) is 3. The number of piperazine rings is 1. The van der Waals surface area contributed by atoms with Crippen LogP contribution in [0.1, 0.15) is 16.1 Å². The Morgan fingerprint density at radius 2 is 1.81 bits per heavy atom. The number of benzene rings is 1. The number of carbonyl (C=O) groups is 2. The van der Waals surface area contributed by atoms with Crippen molar-refractivity contribution in [2.45, 2.75) is 12.5 Å². The fourth-order valence-electron chi connectivity index (χ4n) is 3.02. The van der Waals surface area contributed by atoms with Gasteiger partial charge in [-0.1, -0.05) is 29.8 Å². The quantitative estimate of drug-likeness (QED) is 0.883. The number of amides is 2. The molecule has 26 heavy (non-hydrogen) atoms. The lowest BCUT2D eigenvalue weighted by atomic mass is 10.1. The van der Waals surface area contributed by atoms with E-state index in [9.17, 15) is 9.59 Å². The minimum atomic E-state index is -0.619. The Hall–Kier alpha value is -2.44. The molecular formula is C19H21ClN4O2. The van der Waals surface area contributed by atoms with Crippen LogP contribution in [0.3, 0.4) is 0 Å².